The number of piperidine rings is 2. The molecule has 2 atom stereocenters. The fourth-order valence-corrected chi connectivity index (χ4v) is 3.79. The van der Waals surface area contributed by atoms with Gasteiger partial charge in [-0.05, 0) is 51.4 Å². The lowest BCUT2D eigenvalue weighted by atomic mass is 9.71. The summed E-state index contributed by atoms with van der Waals surface area (Å²) < 4.78 is 0. The quantitative estimate of drug-likeness (QED) is 0.775. The molecular formula is C16H26N2O2. The van der Waals surface area contributed by atoms with Gasteiger partial charge in [0, 0.05) is 38.0 Å². The van der Waals surface area contributed by atoms with Crippen molar-refractivity contribution >= 4 is 11.8 Å². The van der Waals surface area contributed by atoms with E-state index in [0.29, 0.717) is 0 Å². The van der Waals surface area contributed by atoms with Crippen molar-refractivity contribution < 1.29 is 9.59 Å². The Balaban J connectivity index is 1.57. The van der Waals surface area contributed by atoms with Crippen LogP contribution >= 0.6 is 0 Å². The van der Waals surface area contributed by atoms with Gasteiger partial charge >= 0.3 is 0 Å². The van der Waals surface area contributed by atoms with Crippen LogP contribution in [0.1, 0.15) is 51.4 Å². The molecule has 3 rings (SSSR count). The number of hydrogen-bond donors (Lipinski definition) is 0. The lowest BCUT2D eigenvalue weighted by Gasteiger charge is -2.41. The summed E-state index contributed by atoms with van der Waals surface area (Å²) in [6.45, 7) is 3.61. The molecule has 0 bridgehead atoms. The molecule has 20 heavy (non-hydrogen) atoms. The van der Waals surface area contributed by atoms with Crippen LogP contribution in [-0.2, 0) is 9.59 Å². The molecule has 0 aromatic carbocycles. The van der Waals surface area contributed by atoms with E-state index in [9.17, 15) is 9.59 Å². The highest BCUT2D eigenvalue weighted by molar-refractivity contribution is 5.89. The Morgan fingerprint density at radius 3 is 1.25 bits per heavy atom. The van der Waals surface area contributed by atoms with Gasteiger partial charge in [-0.2, -0.15) is 0 Å². The van der Waals surface area contributed by atoms with Crippen LogP contribution in [0.25, 0.3) is 0 Å². The molecule has 2 aliphatic heterocycles. The highest BCUT2D eigenvalue weighted by Gasteiger charge is 2.44. The molecule has 4 nitrogen and oxygen atoms in total. The SMILES string of the molecule is O=C(C1CCC1C(=O)N1CCCCC1)N1CCCCC1. The standard InChI is InChI=1S/C16H26N2O2/c19-15(17-9-3-1-4-10-17)13-7-8-14(13)16(20)18-11-5-2-6-12-18/h13-14H,1-12H2. The first-order valence-electron chi connectivity index (χ1n) is 8.35. The molecule has 3 fully saturated rings. The number of carbonyl (C=O) groups is 2. The van der Waals surface area contributed by atoms with Crippen LogP contribution in [-0.4, -0.2) is 47.8 Å². The smallest absolute Gasteiger partial charge is 0.226 e. The lowest BCUT2D eigenvalue weighted by molar-refractivity contribution is -0.153. The molecule has 1 aliphatic carbocycles. The van der Waals surface area contributed by atoms with Crippen LogP contribution < -0.4 is 0 Å². The van der Waals surface area contributed by atoms with E-state index in [1.54, 1.807) is 0 Å². The van der Waals surface area contributed by atoms with E-state index in [-0.39, 0.29) is 23.7 Å². The second-order valence-corrected chi connectivity index (χ2v) is 6.56. The van der Waals surface area contributed by atoms with Crippen molar-refractivity contribution in [3.8, 4) is 0 Å². The third kappa shape index (κ3) is 2.70. The van der Waals surface area contributed by atoms with Gasteiger partial charge in [-0.25, -0.2) is 0 Å². The molecule has 2 heterocycles. The topological polar surface area (TPSA) is 40.6 Å². The summed E-state index contributed by atoms with van der Waals surface area (Å²) in [5, 5.41) is 0. The fraction of sp³-hybridized carbons (Fsp3) is 0.875. The fourth-order valence-electron chi connectivity index (χ4n) is 3.79. The predicted molar refractivity (Wildman–Crippen MR) is 77.1 cm³/mol. The summed E-state index contributed by atoms with van der Waals surface area (Å²) >= 11 is 0. The molecule has 4 heteroatoms. The molecule has 0 aromatic rings. The highest BCUT2D eigenvalue weighted by Crippen LogP contribution is 2.38. The minimum absolute atomic E-state index is 0.0115. The largest absolute Gasteiger partial charge is 0.342 e. The van der Waals surface area contributed by atoms with Gasteiger partial charge < -0.3 is 9.80 Å². The van der Waals surface area contributed by atoms with E-state index < -0.39 is 0 Å². The second kappa shape index (κ2) is 6.15. The predicted octanol–water partition coefficient (Wildman–Crippen LogP) is 2.04. The van der Waals surface area contributed by atoms with E-state index in [1.165, 1.54) is 12.8 Å². The summed E-state index contributed by atoms with van der Waals surface area (Å²) in [6.07, 6.45) is 8.83. The van der Waals surface area contributed by atoms with Gasteiger partial charge in [0.15, 0.2) is 0 Å². The van der Waals surface area contributed by atoms with Crippen LogP contribution in [0.3, 0.4) is 0 Å². The summed E-state index contributed by atoms with van der Waals surface area (Å²) in [6, 6.07) is 0. The highest BCUT2D eigenvalue weighted by atomic mass is 16.2. The minimum atomic E-state index is -0.0115. The van der Waals surface area contributed by atoms with Gasteiger partial charge in [0.1, 0.15) is 0 Å². The maximum Gasteiger partial charge on any atom is 0.226 e. The first-order valence-corrected chi connectivity index (χ1v) is 8.35. The molecule has 2 saturated heterocycles. The van der Waals surface area contributed by atoms with Crippen molar-refractivity contribution in [1.82, 2.24) is 9.80 Å². The molecule has 2 unspecified atom stereocenters. The van der Waals surface area contributed by atoms with Gasteiger partial charge in [-0.1, -0.05) is 0 Å². The van der Waals surface area contributed by atoms with Gasteiger partial charge in [0.2, 0.25) is 11.8 Å². The number of amides is 2. The normalized spacial score (nSPS) is 30.8. The van der Waals surface area contributed by atoms with E-state index in [4.69, 9.17) is 0 Å². The Kier molecular flexibility index (Phi) is 4.27. The summed E-state index contributed by atoms with van der Waals surface area (Å²) in [7, 11) is 0. The van der Waals surface area contributed by atoms with E-state index in [0.717, 1.165) is 64.7 Å². The Morgan fingerprint density at radius 2 is 0.950 bits per heavy atom. The van der Waals surface area contributed by atoms with Crippen molar-refractivity contribution in [1.29, 1.82) is 0 Å². The van der Waals surface area contributed by atoms with Crippen LogP contribution in [0.5, 0.6) is 0 Å². The monoisotopic (exact) mass is 278 g/mol. The number of nitrogens with zero attached hydrogens (tertiary/aromatic N) is 2. The van der Waals surface area contributed by atoms with Crippen molar-refractivity contribution in [3.63, 3.8) is 0 Å². The van der Waals surface area contributed by atoms with Crippen molar-refractivity contribution in [2.24, 2.45) is 11.8 Å². The number of likely N-dealkylation sites (tertiary alicyclic amines) is 2. The van der Waals surface area contributed by atoms with Crippen LogP contribution in [0.15, 0.2) is 0 Å². The third-order valence-electron chi connectivity index (χ3n) is 5.24. The molecule has 2 amide bonds. The van der Waals surface area contributed by atoms with Gasteiger partial charge in [-0.15, -0.1) is 0 Å². The van der Waals surface area contributed by atoms with Gasteiger partial charge in [0.25, 0.3) is 0 Å². The van der Waals surface area contributed by atoms with Crippen LogP contribution in [0.4, 0.5) is 0 Å². The van der Waals surface area contributed by atoms with Crippen LogP contribution in [0.2, 0.25) is 0 Å². The summed E-state index contributed by atoms with van der Waals surface area (Å²) in [4.78, 5) is 29.1. The van der Waals surface area contributed by atoms with Gasteiger partial charge in [-0.3, -0.25) is 9.59 Å². The zero-order chi connectivity index (χ0) is 13.9. The lowest BCUT2D eigenvalue weighted by Crippen LogP contribution is -2.51. The first kappa shape index (κ1) is 13.9. The molecule has 0 radical (unpaired) electrons. The molecule has 0 spiro atoms. The first-order chi connectivity index (χ1) is 9.77. The van der Waals surface area contributed by atoms with Crippen molar-refractivity contribution in [2.45, 2.75) is 51.4 Å². The molecule has 3 aliphatic rings. The number of rotatable bonds is 2. The Labute approximate surface area is 121 Å². The molecule has 0 aromatic heterocycles. The Hall–Kier alpha value is -1.06. The zero-order valence-electron chi connectivity index (χ0n) is 12.4. The van der Waals surface area contributed by atoms with Gasteiger partial charge in [0.05, 0.1) is 0 Å². The second-order valence-electron chi connectivity index (χ2n) is 6.56. The van der Waals surface area contributed by atoms with E-state index in [2.05, 4.69) is 0 Å². The van der Waals surface area contributed by atoms with E-state index in [1.807, 2.05) is 9.80 Å². The van der Waals surface area contributed by atoms with E-state index >= 15 is 0 Å². The molecule has 112 valence electrons. The summed E-state index contributed by atoms with van der Waals surface area (Å²) in [5.74, 6) is 0.489. The minimum Gasteiger partial charge on any atom is -0.342 e. The average molecular weight is 278 g/mol. The maximum atomic E-state index is 12.5. The molecule has 1 saturated carbocycles. The molecular weight excluding hydrogens is 252 g/mol. The zero-order valence-corrected chi connectivity index (χ0v) is 12.4. The molecule has 0 N–H and O–H groups in total. The summed E-state index contributed by atoms with van der Waals surface area (Å²) in [5.41, 5.74) is 0. The van der Waals surface area contributed by atoms with Crippen molar-refractivity contribution in [3.05, 3.63) is 0 Å². The third-order valence-corrected chi connectivity index (χ3v) is 5.24. The van der Waals surface area contributed by atoms with Crippen molar-refractivity contribution in [2.75, 3.05) is 26.2 Å². The number of hydrogen-bond acceptors (Lipinski definition) is 2. The Morgan fingerprint density at radius 1 is 0.600 bits per heavy atom. The van der Waals surface area contributed by atoms with Crippen LogP contribution in [0, 0.1) is 11.8 Å². The maximum absolute atomic E-state index is 12.5. The Bertz CT molecular complexity index is 335. The number of carbonyl (C=O) groups excluding carboxylic acids is 2. The average Bonchev–Trinajstić information content (AvgIpc) is 2.48.